The van der Waals surface area contributed by atoms with Crippen LogP contribution in [0.1, 0.15) is 32.1 Å². The van der Waals surface area contributed by atoms with Crippen LogP contribution in [-0.4, -0.2) is 25.7 Å². The van der Waals surface area contributed by atoms with Crippen LogP contribution in [0.4, 0.5) is 0 Å². The molecule has 1 aliphatic carbocycles. The molecule has 1 saturated heterocycles. The zero-order valence-corrected chi connectivity index (χ0v) is 8.18. The minimum Gasteiger partial charge on any atom is -0.355 e. The van der Waals surface area contributed by atoms with E-state index >= 15 is 0 Å². The molecule has 4 N–H and O–H groups in total. The van der Waals surface area contributed by atoms with E-state index in [4.69, 9.17) is 0 Å². The van der Waals surface area contributed by atoms with Crippen LogP contribution in [0.25, 0.3) is 0 Å². The van der Waals surface area contributed by atoms with Gasteiger partial charge in [0, 0.05) is 6.42 Å². The number of hydrogen-bond acceptors (Lipinski definition) is 0. The third kappa shape index (κ3) is 1.38. The van der Waals surface area contributed by atoms with Gasteiger partial charge in [-0.05, 0) is 19.3 Å². The average Bonchev–Trinajstić information content (AvgIpc) is 2.12. The van der Waals surface area contributed by atoms with E-state index in [9.17, 15) is 0 Å². The van der Waals surface area contributed by atoms with Crippen LogP contribution in [0.15, 0.2) is 0 Å². The zero-order valence-electron chi connectivity index (χ0n) is 8.18. The molecule has 12 heavy (non-hydrogen) atoms. The summed E-state index contributed by atoms with van der Waals surface area (Å²) < 4.78 is 0. The molecule has 1 aliphatic heterocycles. The maximum Gasteiger partial charge on any atom is 0.0983 e. The Morgan fingerprint density at radius 3 is 2.67 bits per heavy atom. The lowest BCUT2D eigenvalue weighted by Gasteiger charge is -2.40. The fourth-order valence-electron chi connectivity index (χ4n) is 3.15. The summed E-state index contributed by atoms with van der Waals surface area (Å²) in [5, 5.41) is 0. The van der Waals surface area contributed by atoms with Gasteiger partial charge in [0.25, 0.3) is 0 Å². The van der Waals surface area contributed by atoms with Crippen LogP contribution in [0.2, 0.25) is 0 Å². The van der Waals surface area contributed by atoms with Crippen molar-refractivity contribution in [3.05, 3.63) is 0 Å². The maximum absolute atomic E-state index is 4.30. The zero-order chi connectivity index (χ0) is 8.55. The first kappa shape index (κ1) is 8.52. The van der Waals surface area contributed by atoms with Gasteiger partial charge in [-0.3, -0.25) is 0 Å². The van der Waals surface area contributed by atoms with Gasteiger partial charge in [-0.25, -0.2) is 0 Å². The summed E-state index contributed by atoms with van der Waals surface area (Å²) in [6, 6.07) is 1.72. The SMILES string of the molecule is C[NH+]1CC[C@@H]([NH3+])[C@H]2CCCC[C@@H]21. The van der Waals surface area contributed by atoms with Gasteiger partial charge in [0.15, 0.2) is 0 Å². The Morgan fingerprint density at radius 1 is 1.17 bits per heavy atom. The smallest absolute Gasteiger partial charge is 0.0983 e. The molecule has 4 atom stereocenters. The molecule has 0 amide bonds. The fraction of sp³-hybridized carbons (Fsp3) is 1.00. The molecular weight excluding hydrogens is 148 g/mol. The lowest BCUT2D eigenvalue weighted by molar-refractivity contribution is -0.922. The third-order valence-electron chi connectivity index (χ3n) is 3.97. The summed E-state index contributed by atoms with van der Waals surface area (Å²) in [5.41, 5.74) is 4.30. The largest absolute Gasteiger partial charge is 0.355 e. The highest BCUT2D eigenvalue weighted by Gasteiger charge is 2.41. The highest BCUT2D eigenvalue weighted by Crippen LogP contribution is 2.26. The van der Waals surface area contributed by atoms with E-state index in [1.807, 2.05) is 0 Å². The second kappa shape index (κ2) is 3.35. The Kier molecular flexibility index (Phi) is 2.37. The van der Waals surface area contributed by atoms with E-state index in [0.717, 1.165) is 18.0 Å². The van der Waals surface area contributed by atoms with Gasteiger partial charge < -0.3 is 10.6 Å². The molecule has 2 fully saturated rings. The summed E-state index contributed by atoms with van der Waals surface area (Å²) in [5.74, 6) is 0.951. The summed E-state index contributed by atoms with van der Waals surface area (Å²) >= 11 is 0. The quantitative estimate of drug-likeness (QED) is 0.471. The van der Waals surface area contributed by atoms with Crippen LogP contribution >= 0.6 is 0 Å². The lowest BCUT2D eigenvalue weighted by atomic mass is 9.76. The van der Waals surface area contributed by atoms with Gasteiger partial charge >= 0.3 is 0 Å². The van der Waals surface area contributed by atoms with Crippen molar-refractivity contribution in [2.75, 3.05) is 13.6 Å². The summed E-state index contributed by atoms with van der Waals surface area (Å²) in [7, 11) is 2.37. The Hall–Kier alpha value is -0.0800. The minimum absolute atomic E-state index is 0.763. The van der Waals surface area contributed by atoms with Crippen molar-refractivity contribution in [3.63, 3.8) is 0 Å². The van der Waals surface area contributed by atoms with Gasteiger partial charge in [-0.1, -0.05) is 6.42 Å². The van der Waals surface area contributed by atoms with Crippen molar-refractivity contribution < 1.29 is 10.6 Å². The molecule has 0 spiro atoms. The van der Waals surface area contributed by atoms with Crippen LogP contribution in [0.3, 0.4) is 0 Å². The molecule has 2 nitrogen and oxygen atoms in total. The highest BCUT2D eigenvalue weighted by atomic mass is 15.1. The number of fused-ring (bicyclic) bond motifs is 1. The predicted molar refractivity (Wildman–Crippen MR) is 48.8 cm³/mol. The molecule has 2 heteroatoms. The Balaban J connectivity index is 2.05. The maximum atomic E-state index is 4.30. The predicted octanol–water partition coefficient (Wildman–Crippen LogP) is -0.926. The van der Waals surface area contributed by atoms with Crippen LogP contribution in [-0.2, 0) is 0 Å². The molecular formula is C10H22N2+2. The van der Waals surface area contributed by atoms with E-state index in [1.165, 1.54) is 38.6 Å². The number of likely N-dealkylation sites (tertiary alicyclic amines) is 1. The molecule has 2 rings (SSSR count). The molecule has 0 aromatic carbocycles. The number of quaternary nitrogens is 2. The van der Waals surface area contributed by atoms with E-state index < -0.39 is 0 Å². The molecule has 1 heterocycles. The van der Waals surface area contributed by atoms with Crippen LogP contribution in [0, 0.1) is 5.92 Å². The van der Waals surface area contributed by atoms with E-state index in [-0.39, 0.29) is 0 Å². The van der Waals surface area contributed by atoms with Crippen molar-refractivity contribution in [1.29, 1.82) is 0 Å². The molecule has 0 bridgehead atoms. The number of rotatable bonds is 0. The first-order valence-electron chi connectivity index (χ1n) is 5.44. The summed E-state index contributed by atoms with van der Waals surface area (Å²) in [4.78, 5) is 1.78. The summed E-state index contributed by atoms with van der Waals surface area (Å²) in [6.07, 6.45) is 7.19. The molecule has 0 aromatic heterocycles. The number of hydrogen-bond donors (Lipinski definition) is 2. The second-order valence-corrected chi connectivity index (χ2v) is 4.70. The van der Waals surface area contributed by atoms with Gasteiger partial charge in [0.05, 0.1) is 31.6 Å². The Labute approximate surface area is 75.1 Å². The van der Waals surface area contributed by atoms with E-state index in [2.05, 4.69) is 12.8 Å². The standard InChI is InChI=1S/C10H20N2/c1-12-7-6-9(11)8-4-2-3-5-10(8)12/h8-10H,2-7,11H2,1H3/p+2/t8-,9-,10+/m1/s1. The van der Waals surface area contributed by atoms with Gasteiger partial charge in [0.2, 0.25) is 0 Å². The average molecular weight is 170 g/mol. The Bertz CT molecular complexity index is 140. The van der Waals surface area contributed by atoms with E-state index in [0.29, 0.717) is 0 Å². The monoisotopic (exact) mass is 170 g/mol. The van der Waals surface area contributed by atoms with Gasteiger partial charge in [-0.15, -0.1) is 0 Å². The Morgan fingerprint density at radius 2 is 1.92 bits per heavy atom. The first-order chi connectivity index (χ1) is 5.79. The van der Waals surface area contributed by atoms with Crippen molar-refractivity contribution in [1.82, 2.24) is 0 Å². The molecule has 0 aromatic rings. The fourth-order valence-corrected chi connectivity index (χ4v) is 3.15. The normalized spacial score (nSPS) is 48.5. The van der Waals surface area contributed by atoms with Crippen molar-refractivity contribution in [2.24, 2.45) is 5.92 Å². The highest BCUT2D eigenvalue weighted by molar-refractivity contribution is 4.82. The van der Waals surface area contributed by atoms with Gasteiger partial charge in [-0.2, -0.15) is 0 Å². The van der Waals surface area contributed by atoms with Gasteiger partial charge in [0.1, 0.15) is 0 Å². The van der Waals surface area contributed by atoms with Crippen LogP contribution < -0.4 is 10.6 Å². The second-order valence-electron chi connectivity index (χ2n) is 4.70. The molecule has 1 unspecified atom stereocenters. The lowest BCUT2D eigenvalue weighted by Crippen LogP contribution is -3.16. The summed E-state index contributed by atoms with van der Waals surface area (Å²) in [6.45, 7) is 1.36. The first-order valence-corrected chi connectivity index (χ1v) is 5.44. The molecule has 2 aliphatic rings. The molecule has 70 valence electrons. The van der Waals surface area contributed by atoms with E-state index in [1.54, 1.807) is 4.90 Å². The number of piperidine rings is 1. The third-order valence-corrected chi connectivity index (χ3v) is 3.97. The number of nitrogens with one attached hydrogen (secondary N) is 1. The van der Waals surface area contributed by atoms with Crippen molar-refractivity contribution in [3.8, 4) is 0 Å². The topological polar surface area (TPSA) is 32.1 Å². The van der Waals surface area contributed by atoms with Crippen LogP contribution in [0.5, 0.6) is 0 Å². The molecule has 0 radical (unpaired) electrons. The van der Waals surface area contributed by atoms with Crippen molar-refractivity contribution >= 4 is 0 Å². The van der Waals surface area contributed by atoms with Crippen molar-refractivity contribution in [2.45, 2.75) is 44.2 Å². The molecule has 1 saturated carbocycles. The minimum atomic E-state index is 0.763.